The van der Waals surface area contributed by atoms with Crippen molar-refractivity contribution in [1.29, 1.82) is 0 Å². The SMILES string of the molecule is COc1cc(NC(=O)N(C)c2cc(Nc3cccc(N4CCN(C)CC4)c3)ncn2)cc(OC)c1. The normalized spacial score (nSPS) is 13.8. The van der Waals surface area contributed by atoms with Crippen LogP contribution >= 0.6 is 0 Å². The molecule has 10 nitrogen and oxygen atoms in total. The van der Waals surface area contributed by atoms with E-state index in [0.29, 0.717) is 28.8 Å². The highest BCUT2D eigenvalue weighted by molar-refractivity contribution is 6.01. The lowest BCUT2D eigenvalue weighted by molar-refractivity contribution is 0.258. The van der Waals surface area contributed by atoms with Crippen molar-refractivity contribution in [3.63, 3.8) is 0 Å². The summed E-state index contributed by atoms with van der Waals surface area (Å²) in [4.78, 5) is 27.6. The van der Waals surface area contributed by atoms with Gasteiger partial charge in [-0.2, -0.15) is 0 Å². The largest absolute Gasteiger partial charge is 0.497 e. The summed E-state index contributed by atoms with van der Waals surface area (Å²) in [6, 6.07) is 14.8. The van der Waals surface area contributed by atoms with Crippen LogP contribution in [0.4, 0.5) is 33.5 Å². The van der Waals surface area contributed by atoms with Crippen molar-refractivity contribution < 1.29 is 14.3 Å². The molecule has 1 saturated heterocycles. The highest BCUT2D eigenvalue weighted by atomic mass is 16.5. The number of benzene rings is 2. The summed E-state index contributed by atoms with van der Waals surface area (Å²) < 4.78 is 10.5. The minimum atomic E-state index is -0.359. The third-order valence-corrected chi connectivity index (χ3v) is 5.89. The number of amides is 2. The molecule has 1 aliphatic rings. The molecule has 1 aromatic heterocycles. The summed E-state index contributed by atoms with van der Waals surface area (Å²) in [5.74, 6) is 2.20. The zero-order valence-corrected chi connectivity index (χ0v) is 20.5. The second-order valence-electron chi connectivity index (χ2n) is 8.32. The Hall–Kier alpha value is -4.05. The molecule has 0 spiro atoms. The standard InChI is InChI=1S/C25H31N7O3/c1-30-8-10-32(11-9-30)20-7-5-6-18(12-20)28-23-16-24(27-17-26-23)31(2)25(33)29-19-13-21(34-3)15-22(14-19)35-4/h5-7,12-17H,8-11H2,1-4H3,(H,29,33)(H,26,27,28). The number of hydrogen-bond donors (Lipinski definition) is 2. The number of carbonyl (C=O) groups excluding carboxylic acids is 1. The molecule has 0 aliphatic carbocycles. The third-order valence-electron chi connectivity index (χ3n) is 5.89. The minimum Gasteiger partial charge on any atom is -0.497 e. The van der Waals surface area contributed by atoms with Gasteiger partial charge in [0.2, 0.25) is 0 Å². The van der Waals surface area contributed by atoms with Crippen LogP contribution in [0.15, 0.2) is 54.9 Å². The maximum atomic E-state index is 12.9. The van der Waals surface area contributed by atoms with Crippen LogP contribution in [0.25, 0.3) is 0 Å². The smallest absolute Gasteiger partial charge is 0.327 e. The van der Waals surface area contributed by atoms with Crippen LogP contribution in [0.1, 0.15) is 0 Å². The Morgan fingerprint density at radius 2 is 1.66 bits per heavy atom. The molecule has 0 saturated carbocycles. The molecular weight excluding hydrogens is 446 g/mol. The lowest BCUT2D eigenvalue weighted by Crippen LogP contribution is -2.44. The van der Waals surface area contributed by atoms with Crippen LogP contribution in [-0.4, -0.2) is 75.4 Å². The van der Waals surface area contributed by atoms with Crippen LogP contribution in [0, 0.1) is 0 Å². The number of nitrogens with one attached hydrogen (secondary N) is 2. The van der Waals surface area contributed by atoms with Gasteiger partial charge in [0.05, 0.1) is 14.2 Å². The second-order valence-corrected chi connectivity index (χ2v) is 8.32. The first kappa shape index (κ1) is 24.1. The van der Waals surface area contributed by atoms with Gasteiger partial charge < -0.3 is 29.9 Å². The monoisotopic (exact) mass is 477 g/mol. The number of hydrogen-bond acceptors (Lipinski definition) is 8. The Bertz CT molecular complexity index is 1140. The summed E-state index contributed by atoms with van der Waals surface area (Å²) >= 11 is 0. The highest BCUT2D eigenvalue weighted by Gasteiger charge is 2.16. The van der Waals surface area contributed by atoms with Gasteiger partial charge in [-0.15, -0.1) is 0 Å². The van der Waals surface area contributed by atoms with E-state index >= 15 is 0 Å². The van der Waals surface area contributed by atoms with E-state index in [1.54, 1.807) is 45.5 Å². The van der Waals surface area contributed by atoms with Crippen LogP contribution in [-0.2, 0) is 0 Å². The molecule has 10 heteroatoms. The van der Waals surface area contributed by atoms with Crippen molar-refractivity contribution in [1.82, 2.24) is 14.9 Å². The predicted molar refractivity (Wildman–Crippen MR) is 138 cm³/mol. The van der Waals surface area contributed by atoms with Crippen molar-refractivity contribution in [3.05, 3.63) is 54.9 Å². The molecule has 2 N–H and O–H groups in total. The zero-order chi connectivity index (χ0) is 24.8. The van der Waals surface area contributed by atoms with Crippen molar-refractivity contribution in [3.8, 4) is 11.5 Å². The van der Waals surface area contributed by atoms with Crippen LogP contribution in [0.3, 0.4) is 0 Å². The lowest BCUT2D eigenvalue weighted by atomic mass is 10.2. The Labute approximate surface area is 205 Å². The van der Waals surface area contributed by atoms with Gasteiger partial charge in [-0.3, -0.25) is 4.90 Å². The number of piperazine rings is 1. The molecule has 2 heterocycles. The van der Waals surface area contributed by atoms with E-state index in [0.717, 1.165) is 31.9 Å². The first-order valence-electron chi connectivity index (χ1n) is 11.4. The Morgan fingerprint density at radius 3 is 2.34 bits per heavy atom. The Balaban J connectivity index is 1.44. The summed E-state index contributed by atoms with van der Waals surface area (Å²) in [5.41, 5.74) is 2.63. The van der Waals surface area contributed by atoms with E-state index in [-0.39, 0.29) is 6.03 Å². The van der Waals surface area contributed by atoms with Crippen LogP contribution < -0.4 is 29.9 Å². The fourth-order valence-corrected chi connectivity index (χ4v) is 3.78. The molecule has 0 bridgehead atoms. The molecule has 0 unspecified atom stereocenters. The van der Waals surface area contributed by atoms with Crippen molar-refractivity contribution in [2.75, 3.05) is 74.9 Å². The molecular formula is C25H31N7O3. The van der Waals surface area contributed by atoms with Gasteiger partial charge in [0.1, 0.15) is 29.5 Å². The fraction of sp³-hybridized carbons (Fsp3) is 0.320. The summed E-state index contributed by atoms with van der Waals surface area (Å²) in [5, 5.41) is 6.17. The molecule has 2 amide bonds. The second kappa shape index (κ2) is 10.9. The molecule has 35 heavy (non-hydrogen) atoms. The number of aromatic nitrogens is 2. The molecule has 4 rings (SSSR count). The molecule has 1 aliphatic heterocycles. The minimum absolute atomic E-state index is 0.359. The Kier molecular flexibility index (Phi) is 7.51. The summed E-state index contributed by atoms with van der Waals surface area (Å²) in [6.07, 6.45) is 1.43. The van der Waals surface area contributed by atoms with Gasteiger partial charge in [-0.1, -0.05) is 6.07 Å². The molecule has 1 fully saturated rings. The topological polar surface area (TPSA) is 95.1 Å². The predicted octanol–water partition coefficient (Wildman–Crippen LogP) is 3.66. The maximum absolute atomic E-state index is 12.9. The van der Waals surface area contributed by atoms with Gasteiger partial charge in [0, 0.05) is 74.6 Å². The van der Waals surface area contributed by atoms with E-state index in [2.05, 4.69) is 49.6 Å². The molecule has 0 atom stereocenters. The highest BCUT2D eigenvalue weighted by Crippen LogP contribution is 2.27. The van der Waals surface area contributed by atoms with E-state index in [9.17, 15) is 4.79 Å². The van der Waals surface area contributed by atoms with Crippen molar-refractivity contribution in [2.45, 2.75) is 0 Å². The van der Waals surface area contributed by atoms with Crippen molar-refractivity contribution >= 4 is 34.7 Å². The van der Waals surface area contributed by atoms with Gasteiger partial charge in [0.25, 0.3) is 0 Å². The average molecular weight is 478 g/mol. The van der Waals surface area contributed by atoms with Crippen molar-refractivity contribution in [2.24, 2.45) is 0 Å². The van der Waals surface area contributed by atoms with Gasteiger partial charge in [-0.05, 0) is 25.2 Å². The summed E-state index contributed by atoms with van der Waals surface area (Å²) in [6.45, 7) is 4.08. The van der Waals surface area contributed by atoms with Gasteiger partial charge in [-0.25, -0.2) is 14.8 Å². The van der Waals surface area contributed by atoms with E-state index in [1.165, 1.54) is 16.9 Å². The third kappa shape index (κ3) is 6.10. The molecule has 0 radical (unpaired) electrons. The lowest BCUT2D eigenvalue weighted by Gasteiger charge is -2.34. The van der Waals surface area contributed by atoms with Gasteiger partial charge >= 0.3 is 6.03 Å². The van der Waals surface area contributed by atoms with Crippen LogP contribution in [0.2, 0.25) is 0 Å². The summed E-state index contributed by atoms with van der Waals surface area (Å²) in [7, 11) is 6.91. The number of nitrogens with zero attached hydrogens (tertiary/aromatic N) is 5. The molecule has 184 valence electrons. The quantitative estimate of drug-likeness (QED) is 0.533. The Morgan fingerprint density at radius 1 is 0.943 bits per heavy atom. The fourth-order valence-electron chi connectivity index (χ4n) is 3.78. The number of methoxy groups -OCH3 is 2. The number of rotatable bonds is 7. The number of urea groups is 1. The number of carbonyl (C=O) groups is 1. The first-order valence-corrected chi connectivity index (χ1v) is 11.4. The molecule has 3 aromatic rings. The first-order chi connectivity index (χ1) is 16.9. The molecule has 2 aromatic carbocycles. The van der Waals surface area contributed by atoms with E-state index in [1.807, 2.05) is 12.1 Å². The van der Waals surface area contributed by atoms with E-state index in [4.69, 9.17) is 9.47 Å². The number of anilines is 5. The number of likely N-dealkylation sites (N-methyl/N-ethyl adjacent to an activating group) is 1. The van der Waals surface area contributed by atoms with Crippen LogP contribution in [0.5, 0.6) is 11.5 Å². The van der Waals surface area contributed by atoms with Gasteiger partial charge in [0.15, 0.2) is 0 Å². The zero-order valence-electron chi connectivity index (χ0n) is 20.5. The average Bonchev–Trinajstić information content (AvgIpc) is 2.88. The maximum Gasteiger partial charge on any atom is 0.327 e. The number of ether oxygens (including phenoxy) is 2. The van der Waals surface area contributed by atoms with E-state index < -0.39 is 0 Å².